The van der Waals surface area contributed by atoms with E-state index in [2.05, 4.69) is 358 Å². The van der Waals surface area contributed by atoms with Gasteiger partial charge in [-0.05, 0) is 161 Å². The maximum atomic E-state index is 2.68. The Labute approximate surface area is 550 Å². The van der Waals surface area contributed by atoms with Gasteiger partial charge >= 0.3 is 0 Å². The summed E-state index contributed by atoms with van der Waals surface area (Å²) in [5.41, 5.74) is 27.1. The van der Waals surface area contributed by atoms with E-state index in [4.69, 9.17) is 0 Å². The Balaban J connectivity index is 0.931. The molecule has 1 aromatic heterocycles. The molecule has 0 bridgehead atoms. The number of fused-ring (bicyclic) bond motifs is 11. The van der Waals surface area contributed by atoms with Crippen LogP contribution in [0.15, 0.2) is 353 Å². The van der Waals surface area contributed by atoms with Crippen LogP contribution < -0.4 is 52.4 Å². The van der Waals surface area contributed by atoms with Crippen molar-refractivity contribution in [1.82, 2.24) is 4.57 Å². The number of benzene rings is 14. The summed E-state index contributed by atoms with van der Waals surface area (Å²) in [7, 11) is 0. The Hall–Kier alpha value is -11.1. The zero-order valence-electron chi connectivity index (χ0n) is 50.5. The molecule has 14 aromatic carbocycles. The van der Waals surface area contributed by atoms with Crippen LogP contribution in [0.25, 0.3) is 38.6 Å². The van der Waals surface area contributed by atoms with Gasteiger partial charge in [0, 0.05) is 104 Å². The molecule has 93 heavy (non-hydrogen) atoms. The fourth-order valence-electron chi connectivity index (χ4n) is 15.3. The van der Waals surface area contributed by atoms with E-state index in [9.17, 15) is 0 Å². The van der Waals surface area contributed by atoms with Crippen LogP contribution in [-0.4, -0.2) is 18.0 Å². The summed E-state index contributed by atoms with van der Waals surface area (Å²) in [5.74, 6) is 0. The lowest BCUT2D eigenvalue weighted by atomic mass is 9.31. The van der Waals surface area contributed by atoms with E-state index < -0.39 is 0 Å². The summed E-state index contributed by atoms with van der Waals surface area (Å²) >= 11 is 3.82. The van der Waals surface area contributed by atoms with Crippen LogP contribution in [-0.2, 0) is 0 Å². The molecule has 15 aromatic rings. The van der Waals surface area contributed by atoms with Crippen molar-refractivity contribution in [2.75, 3.05) is 19.6 Å². The minimum Gasteiger partial charge on any atom is -0.311 e. The van der Waals surface area contributed by atoms with Crippen LogP contribution >= 0.6 is 23.5 Å². The standard InChI is InChI=1S/C84H55B2N5S2/c1-8-28-56(29-9-1)66-52-67-65-42-22-25-45-72(65)89(61-38-18-6-19-39-61)75(67)54-74(66)91-76-55-80-71(53-70(76)86-69-44-24-27-47-79(69)92-81-50-64(49-78(91)84(81)86)88(59-34-14-4-15-35-59)60-36-16-5-17-37-60)85-68-43-23-26-46-73(68)90(62-40-20-7-21-41-62)77-48-63(51-82(93-80)83(77)85)87(57-30-10-2-11-31-57)58-32-12-3-13-33-58/h1-55H. The van der Waals surface area contributed by atoms with Crippen LogP contribution in [0, 0.1) is 0 Å². The van der Waals surface area contributed by atoms with Gasteiger partial charge in [-0.25, -0.2) is 0 Å². The van der Waals surface area contributed by atoms with Gasteiger partial charge in [0.2, 0.25) is 13.4 Å². The van der Waals surface area contributed by atoms with Gasteiger partial charge in [-0.3, -0.25) is 0 Å². The third-order valence-corrected chi connectivity index (χ3v) is 21.4. The number of anilines is 12. The Morgan fingerprint density at radius 2 is 0.731 bits per heavy atom. The summed E-state index contributed by atoms with van der Waals surface area (Å²) < 4.78 is 2.48. The molecule has 434 valence electrons. The highest BCUT2D eigenvalue weighted by Gasteiger charge is 2.47. The SMILES string of the molecule is c1ccc(-c2cc3c4ccccc4n(-c4ccccc4)c3cc2N2c3cc4c(cc3B3c5ccccc5Sc5cc(N(c6ccccc6)c6ccccc6)cc2c53)B2c3ccccc3N(c3ccccc3)c3cc(N(c5ccccc5)c5ccccc5)cc(c32)S4)cc1. The van der Waals surface area contributed by atoms with E-state index in [-0.39, 0.29) is 13.4 Å². The highest BCUT2D eigenvalue weighted by atomic mass is 32.2. The Morgan fingerprint density at radius 3 is 1.33 bits per heavy atom. The monoisotopic (exact) mass is 1220 g/mol. The van der Waals surface area contributed by atoms with Crippen LogP contribution in [0.4, 0.5) is 68.2 Å². The van der Waals surface area contributed by atoms with Gasteiger partial charge in [0.15, 0.2) is 0 Å². The fourth-order valence-corrected chi connectivity index (χ4v) is 17.7. The summed E-state index contributed by atoms with van der Waals surface area (Å²) in [6.07, 6.45) is 0. The molecule has 0 amide bonds. The summed E-state index contributed by atoms with van der Waals surface area (Å²) in [6, 6.07) is 124. The van der Waals surface area contributed by atoms with Gasteiger partial charge in [0.25, 0.3) is 0 Å². The molecular formula is C84H55B2N5S2. The molecule has 0 radical (unpaired) electrons. The van der Waals surface area contributed by atoms with Crippen molar-refractivity contribution in [3.63, 3.8) is 0 Å². The van der Waals surface area contributed by atoms with E-state index in [0.717, 1.165) is 73.5 Å². The second kappa shape index (κ2) is 21.8. The van der Waals surface area contributed by atoms with Crippen LogP contribution in [0.2, 0.25) is 0 Å². The van der Waals surface area contributed by atoms with Crippen LogP contribution in [0.5, 0.6) is 0 Å². The molecule has 0 fully saturated rings. The Morgan fingerprint density at radius 1 is 0.258 bits per heavy atom. The molecule has 4 aliphatic heterocycles. The molecule has 0 aliphatic carbocycles. The molecule has 0 atom stereocenters. The van der Waals surface area contributed by atoms with Gasteiger partial charge in [0.05, 0.1) is 16.7 Å². The Kier molecular flexibility index (Phi) is 12.6. The maximum Gasteiger partial charge on any atom is 0.249 e. The van der Waals surface area contributed by atoms with Gasteiger partial charge in [-0.1, -0.05) is 235 Å². The number of rotatable bonds is 10. The first-order valence-corrected chi connectivity index (χ1v) is 33.5. The second-order valence-corrected chi connectivity index (χ2v) is 26.5. The average molecular weight is 1220 g/mol. The Bertz CT molecular complexity index is 5350. The molecule has 0 spiro atoms. The van der Waals surface area contributed by atoms with E-state index in [1.165, 1.54) is 85.7 Å². The second-order valence-electron chi connectivity index (χ2n) is 24.3. The number of hydrogen-bond acceptors (Lipinski definition) is 6. The first-order valence-electron chi connectivity index (χ1n) is 31.9. The molecule has 0 saturated heterocycles. The lowest BCUT2D eigenvalue weighted by Crippen LogP contribution is -2.64. The van der Waals surface area contributed by atoms with Crippen LogP contribution in [0.1, 0.15) is 0 Å². The smallest absolute Gasteiger partial charge is 0.249 e. The number of nitrogens with zero attached hydrogens (tertiary/aromatic N) is 5. The number of aromatic nitrogens is 1. The molecule has 0 saturated carbocycles. The van der Waals surface area contributed by atoms with Crippen LogP contribution in [0.3, 0.4) is 0 Å². The minimum atomic E-state index is -0.0992. The predicted octanol–water partition coefficient (Wildman–Crippen LogP) is 18.9. The van der Waals surface area contributed by atoms with Crippen molar-refractivity contribution in [3.05, 3.63) is 334 Å². The molecule has 0 unspecified atom stereocenters. The van der Waals surface area contributed by atoms with Crippen molar-refractivity contribution < 1.29 is 0 Å². The quantitative estimate of drug-likeness (QED) is 0.126. The average Bonchev–Trinajstić information content (AvgIpc) is 1.71. The number of hydrogen-bond donors (Lipinski definition) is 0. The molecule has 5 heterocycles. The maximum absolute atomic E-state index is 2.68. The predicted molar refractivity (Wildman–Crippen MR) is 395 cm³/mol. The van der Waals surface area contributed by atoms with E-state index >= 15 is 0 Å². The van der Waals surface area contributed by atoms with Crippen molar-refractivity contribution in [1.29, 1.82) is 0 Å². The lowest BCUT2D eigenvalue weighted by Gasteiger charge is -2.44. The highest BCUT2D eigenvalue weighted by Crippen LogP contribution is 2.53. The zero-order chi connectivity index (χ0) is 61.1. The molecule has 5 nitrogen and oxygen atoms in total. The van der Waals surface area contributed by atoms with E-state index in [0.29, 0.717) is 0 Å². The topological polar surface area (TPSA) is 17.9 Å². The molecular weight excluding hydrogens is 1160 g/mol. The number of para-hydroxylation sites is 8. The third kappa shape index (κ3) is 8.61. The summed E-state index contributed by atoms with van der Waals surface area (Å²) in [6.45, 7) is -0.186. The van der Waals surface area contributed by atoms with Crippen molar-refractivity contribution >= 4 is 160 Å². The van der Waals surface area contributed by atoms with Crippen molar-refractivity contribution in [2.24, 2.45) is 0 Å². The summed E-state index contributed by atoms with van der Waals surface area (Å²) in [4.78, 5) is 15.1. The molecule has 0 N–H and O–H groups in total. The first kappa shape index (κ1) is 53.7. The van der Waals surface area contributed by atoms with Gasteiger partial charge in [-0.2, -0.15) is 0 Å². The van der Waals surface area contributed by atoms with Gasteiger partial charge in [0.1, 0.15) is 0 Å². The lowest BCUT2D eigenvalue weighted by molar-refractivity contribution is 1.17. The zero-order valence-corrected chi connectivity index (χ0v) is 52.1. The molecule has 9 heteroatoms. The first-order chi connectivity index (χ1) is 46.2. The van der Waals surface area contributed by atoms with E-state index in [1.807, 2.05) is 23.5 Å². The molecule has 4 aliphatic rings. The third-order valence-electron chi connectivity index (χ3n) is 19.2. The fraction of sp³-hybridized carbons (Fsp3) is 0. The largest absolute Gasteiger partial charge is 0.311 e. The van der Waals surface area contributed by atoms with Gasteiger partial charge in [-0.15, -0.1) is 0 Å². The normalized spacial score (nSPS) is 13.0. The minimum absolute atomic E-state index is 0.0864. The van der Waals surface area contributed by atoms with E-state index in [1.54, 1.807) is 0 Å². The highest BCUT2D eigenvalue weighted by molar-refractivity contribution is 8.00. The van der Waals surface area contributed by atoms with Crippen molar-refractivity contribution in [3.8, 4) is 16.8 Å². The van der Waals surface area contributed by atoms with Gasteiger partial charge < -0.3 is 24.2 Å². The molecule has 19 rings (SSSR count). The van der Waals surface area contributed by atoms with Crippen molar-refractivity contribution in [2.45, 2.75) is 19.6 Å². The summed E-state index contributed by atoms with van der Waals surface area (Å²) in [5, 5.41) is 2.42.